The van der Waals surface area contributed by atoms with Gasteiger partial charge in [-0.3, -0.25) is 4.98 Å². The van der Waals surface area contributed by atoms with Crippen molar-refractivity contribution in [1.82, 2.24) is 4.98 Å². The van der Waals surface area contributed by atoms with Crippen molar-refractivity contribution in [2.75, 3.05) is 6.26 Å². The van der Waals surface area contributed by atoms with E-state index >= 15 is 0 Å². The SMILES string of the molecule is CS(=O)(=O)c1cccc(-c2cc(C#N)cnc2-c2ccc(Cl)cc2)c1. The van der Waals surface area contributed by atoms with Gasteiger partial charge in [0.05, 0.1) is 16.2 Å². The summed E-state index contributed by atoms with van der Waals surface area (Å²) in [7, 11) is -3.33. The number of pyridine rings is 1. The van der Waals surface area contributed by atoms with Gasteiger partial charge in [-0.25, -0.2) is 8.42 Å². The Kier molecular flexibility index (Phi) is 4.58. The molecule has 1 aromatic heterocycles. The fourth-order valence-electron chi connectivity index (χ4n) is 2.48. The molecule has 1 heterocycles. The smallest absolute Gasteiger partial charge is 0.175 e. The van der Waals surface area contributed by atoms with E-state index < -0.39 is 9.84 Å². The third-order valence-electron chi connectivity index (χ3n) is 3.71. The molecule has 0 radical (unpaired) electrons. The first-order chi connectivity index (χ1) is 11.9. The molecule has 124 valence electrons. The van der Waals surface area contributed by atoms with E-state index in [0.717, 1.165) is 11.8 Å². The molecule has 0 atom stereocenters. The molecule has 0 fully saturated rings. The van der Waals surface area contributed by atoms with Crippen molar-refractivity contribution < 1.29 is 8.42 Å². The van der Waals surface area contributed by atoms with Crippen molar-refractivity contribution in [3.8, 4) is 28.5 Å². The second-order valence-corrected chi connectivity index (χ2v) is 7.99. The van der Waals surface area contributed by atoms with Gasteiger partial charge < -0.3 is 0 Å². The molecule has 25 heavy (non-hydrogen) atoms. The lowest BCUT2D eigenvalue weighted by Crippen LogP contribution is -1.98. The predicted molar refractivity (Wildman–Crippen MR) is 97.9 cm³/mol. The summed E-state index contributed by atoms with van der Waals surface area (Å²) in [6.45, 7) is 0. The van der Waals surface area contributed by atoms with E-state index in [1.807, 2.05) is 12.1 Å². The summed E-state index contributed by atoms with van der Waals surface area (Å²) in [5.41, 5.74) is 3.25. The number of aromatic nitrogens is 1. The molecule has 0 spiro atoms. The van der Waals surface area contributed by atoms with Gasteiger partial charge in [-0.15, -0.1) is 0 Å². The average Bonchev–Trinajstić information content (AvgIpc) is 2.61. The molecule has 0 amide bonds. The van der Waals surface area contributed by atoms with Crippen molar-refractivity contribution in [2.24, 2.45) is 0 Å². The number of nitriles is 1. The van der Waals surface area contributed by atoms with Crippen molar-refractivity contribution in [3.05, 3.63) is 71.4 Å². The van der Waals surface area contributed by atoms with E-state index in [4.69, 9.17) is 11.6 Å². The molecule has 0 unspecified atom stereocenters. The summed E-state index contributed by atoms with van der Waals surface area (Å²) in [6.07, 6.45) is 2.66. The molecule has 6 heteroatoms. The standard InChI is InChI=1S/C19H13ClN2O2S/c1-25(23,24)17-4-2-3-15(10-17)18-9-13(11-21)12-22-19(18)14-5-7-16(20)8-6-14/h2-10,12H,1H3. The van der Waals surface area contributed by atoms with Crippen molar-refractivity contribution >= 4 is 21.4 Å². The van der Waals surface area contributed by atoms with Gasteiger partial charge in [0.25, 0.3) is 0 Å². The largest absolute Gasteiger partial charge is 0.254 e. The van der Waals surface area contributed by atoms with E-state index in [2.05, 4.69) is 11.1 Å². The van der Waals surface area contributed by atoms with E-state index in [0.29, 0.717) is 27.4 Å². The Morgan fingerprint density at radius 3 is 2.40 bits per heavy atom. The average molecular weight is 369 g/mol. The molecule has 0 N–H and O–H groups in total. The minimum atomic E-state index is -3.33. The Bertz CT molecular complexity index is 1090. The zero-order valence-corrected chi connectivity index (χ0v) is 14.8. The van der Waals surface area contributed by atoms with Crippen molar-refractivity contribution in [2.45, 2.75) is 4.90 Å². The molecule has 2 aromatic carbocycles. The summed E-state index contributed by atoms with van der Waals surface area (Å²) in [5, 5.41) is 9.80. The molecule has 0 aliphatic heterocycles. The van der Waals surface area contributed by atoms with Crippen LogP contribution in [0.15, 0.2) is 65.7 Å². The third kappa shape index (κ3) is 3.71. The first-order valence-corrected chi connectivity index (χ1v) is 9.62. The molecule has 0 saturated carbocycles. The summed E-state index contributed by atoms with van der Waals surface area (Å²) < 4.78 is 23.7. The van der Waals surface area contributed by atoms with Crippen LogP contribution < -0.4 is 0 Å². The minimum absolute atomic E-state index is 0.217. The summed E-state index contributed by atoms with van der Waals surface area (Å²) in [6, 6.07) is 17.6. The molecular weight excluding hydrogens is 356 g/mol. The normalized spacial score (nSPS) is 11.1. The second kappa shape index (κ2) is 6.67. The maximum atomic E-state index is 11.8. The lowest BCUT2D eigenvalue weighted by Gasteiger charge is -2.11. The topological polar surface area (TPSA) is 70.8 Å². The molecule has 0 aliphatic carbocycles. The third-order valence-corrected chi connectivity index (χ3v) is 5.07. The van der Waals surface area contributed by atoms with E-state index in [1.54, 1.807) is 42.5 Å². The number of rotatable bonds is 3. The number of hydrogen-bond donors (Lipinski definition) is 0. The van der Waals surface area contributed by atoms with E-state index in [-0.39, 0.29) is 4.90 Å². The highest BCUT2D eigenvalue weighted by Gasteiger charge is 2.13. The van der Waals surface area contributed by atoms with Crippen LogP contribution in [0.4, 0.5) is 0 Å². The number of nitrogens with zero attached hydrogens (tertiary/aromatic N) is 2. The molecular formula is C19H13ClN2O2S. The Labute approximate surface area is 151 Å². The minimum Gasteiger partial charge on any atom is -0.254 e. The van der Waals surface area contributed by atoms with E-state index in [1.165, 1.54) is 6.20 Å². The monoisotopic (exact) mass is 368 g/mol. The first-order valence-electron chi connectivity index (χ1n) is 7.35. The summed E-state index contributed by atoms with van der Waals surface area (Å²) in [5.74, 6) is 0. The van der Waals surface area contributed by atoms with Crippen molar-refractivity contribution in [1.29, 1.82) is 5.26 Å². The van der Waals surface area contributed by atoms with Crippen LogP contribution in [0.1, 0.15) is 5.56 Å². The Morgan fingerprint density at radius 2 is 1.76 bits per heavy atom. The van der Waals surface area contributed by atoms with Crippen LogP contribution in [-0.2, 0) is 9.84 Å². The Hall–Kier alpha value is -2.68. The summed E-state index contributed by atoms with van der Waals surface area (Å²) >= 11 is 5.94. The van der Waals surface area contributed by atoms with Gasteiger partial charge in [0, 0.05) is 28.6 Å². The van der Waals surface area contributed by atoms with Gasteiger partial charge in [0.2, 0.25) is 0 Å². The van der Waals surface area contributed by atoms with Gasteiger partial charge >= 0.3 is 0 Å². The number of sulfone groups is 1. The maximum absolute atomic E-state index is 11.8. The molecule has 0 bridgehead atoms. The highest BCUT2D eigenvalue weighted by atomic mass is 35.5. The van der Waals surface area contributed by atoms with Crippen LogP contribution in [-0.4, -0.2) is 19.7 Å². The fourth-order valence-corrected chi connectivity index (χ4v) is 3.27. The van der Waals surface area contributed by atoms with Gasteiger partial charge in [0.1, 0.15) is 6.07 Å². The van der Waals surface area contributed by atoms with Crippen LogP contribution >= 0.6 is 11.6 Å². The highest BCUT2D eigenvalue weighted by Crippen LogP contribution is 2.32. The van der Waals surface area contributed by atoms with Crippen LogP contribution in [0.3, 0.4) is 0 Å². The second-order valence-electron chi connectivity index (χ2n) is 5.54. The molecule has 3 aromatic rings. The zero-order valence-electron chi connectivity index (χ0n) is 13.3. The number of hydrogen-bond acceptors (Lipinski definition) is 4. The number of benzene rings is 2. The van der Waals surface area contributed by atoms with Gasteiger partial charge in [-0.05, 0) is 35.9 Å². The summed E-state index contributed by atoms with van der Waals surface area (Å²) in [4.78, 5) is 4.62. The molecule has 0 aliphatic rings. The quantitative estimate of drug-likeness (QED) is 0.689. The van der Waals surface area contributed by atoms with Crippen LogP contribution in [0.25, 0.3) is 22.4 Å². The fraction of sp³-hybridized carbons (Fsp3) is 0.0526. The van der Waals surface area contributed by atoms with Crippen LogP contribution in [0.2, 0.25) is 5.02 Å². The highest BCUT2D eigenvalue weighted by molar-refractivity contribution is 7.90. The Balaban J connectivity index is 2.24. The van der Waals surface area contributed by atoms with Gasteiger partial charge in [0.15, 0.2) is 9.84 Å². The maximum Gasteiger partial charge on any atom is 0.175 e. The zero-order chi connectivity index (χ0) is 18.0. The molecule has 4 nitrogen and oxygen atoms in total. The molecule has 3 rings (SSSR count). The number of halogens is 1. The lowest BCUT2D eigenvalue weighted by atomic mass is 9.98. The Morgan fingerprint density at radius 1 is 1.04 bits per heavy atom. The lowest BCUT2D eigenvalue weighted by molar-refractivity contribution is 0.602. The predicted octanol–water partition coefficient (Wildman–Crippen LogP) is 4.34. The van der Waals surface area contributed by atoms with Crippen LogP contribution in [0, 0.1) is 11.3 Å². The molecule has 0 saturated heterocycles. The van der Waals surface area contributed by atoms with Crippen molar-refractivity contribution in [3.63, 3.8) is 0 Å². The van der Waals surface area contributed by atoms with E-state index in [9.17, 15) is 13.7 Å². The van der Waals surface area contributed by atoms with Gasteiger partial charge in [-0.2, -0.15) is 5.26 Å². The van der Waals surface area contributed by atoms with Gasteiger partial charge in [-0.1, -0.05) is 35.9 Å². The van der Waals surface area contributed by atoms with Crippen LogP contribution in [0.5, 0.6) is 0 Å². The first kappa shape index (κ1) is 17.2.